The number of piperazine rings is 1. The summed E-state index contributed by atoms with van der Waals surface area (Å²) in [7, 11) is -1.87. The molecule has 3 heterocycles. The van der Waals surface area contributed by atoms with Crippen LogP contribution in [0.2, 0.25) is 5.02 Å². The highest BCUT2D eigenvalue weighted by Crippen LogP contribution is 2.35. The molecule has 0 radical (unpaired) electrons. The molecule has 0 aliphatic carbocycles. The lowest BCUT2D eigenvalue weighted by Gasteiger charge is -2.33. The van der Waals surface area contributed by atoms with Gasteiger partial charge in [-0.2, -0.15) is 4.98 Å². The number of thioether (sulfide) groups is 1. The number of likely N-dealkylation sites (N-methyl/N-ethyl adjacent to an activating group) is 1. The molecule has 0 atom stereocenters. The van der Waals surface area contributed by atoms with Gasteiger partial charge in [0.15, 0.2) is 5.82 Å². The van der Waals surface area contributed by atoms with Crippen molar-refractivity contribution in [2.75, 3.05) is 61.4 Å². The fourth-order valence-electron chi connectivity index (χ4n) is 4.73. The van der Waals surface area contributed by atoms with Crippen molar-refractivity contribution in [3.63, 3.8) is 0 Å². The lowest BCUT2D eigenvalue weighted by Crippen LogP contribution is -2.45. The molecule has 0 saturated carbocycles. The summed E-state index contributed by atoms with van der Waals surface area (Å²) in [5.74, 6) is 3.83. The van der Waals surface area contributed by atoms with E-state index in [0.29, 0.717) is 34.4 Å². The molecule has 1 fully saturated rings. The SMILES string of the molecule is CCN1CCN(Cc2ccc(CSc3ccc(Nc4ncc(Cl)c(Nc5ccccc5NS(C)(=O)=O)n4)c(OC)c3)o2)CC1. The van der Waals surface area contributed by atoms with Crippen LogP contribution in [-0.2, 0) is 22.3 Å². The van der Waals surface area contributed by atoms with Crippen LogP contribution < -0.4 is 20.1 Å². The highest BCUT2D eigenvalue weighted by atomic mass is 35.5. The van der Waals surface area contributed by atoms with Crippen molar-refractivity contribution in [2.45, 2.75) is 24.1 Å². The second-order valence-electron chi connectivity index (χ2n) is 10.3. The summed E-state index contributed by atoms with van der Waals surface area (Å²) >= 11 is 8.03. The molecule has 11 nitrogen and oxygen atoms in total. The Morgan fingerprint density at radius 3 is 2.43 bits per heavy atom. The Hall–Kier alpha value is -3.49. The van der Waals surface area contributed by atoms with E-state index >= 15 is 0 Å². The quantitative estimate of drug-likeness (QED) is 0.146. The van der Waals surface area contributed by atoms with Crippen molar-refractivity contribution in [3.05, 3.63) is 77.3 Å². The minimum atomic E-state index is -3.48. The fourth-order valence-corrected chi connectivity index (χ4v) is 6.27. The number of halogens is 1. The second-order valence-corrected chi connectivity index (χ2v) is 13.5. The lowest BCUT2D eigenvalue weighted by molar-refractivity contribution is 0.125. The molecule has 0 bridgehead atoms. The molecule has 2 aromatic carbocycles. The molecule has 4 aromatic rings. The van der Waals surface area contributed by atoms with Crippen LogP contribution in [-0.4, -0.2) is 74.3 Å². The summed E-state index contributed by atoms with van der Waals surface area (Å²) in [5.41, 5.74) is 1.53. The molecule has 0 spiro atoms. The molecular weight excluding hydrogens is 622 g/mol. The van der Waals surface area contributed by atoms with E-state index in [9.17, 15) is 8.42 Å². The average Bonchev–Trinajstić information content (AvgIpc) is 3.46. The molecule has 0 unspecified atom stereocenters. The van der Waals surface area contributed by atoms with Gasteiger partial charge < -0.3 is 24.7 Å². The Labute approximate surface area is 267 Å². The molecule has 0 amide bonds. The summed E-state index contributed by atoms with van der Waals surface area (Å²) < 4.78 is 37.9. The van der Waals surface area contributed by atoms with Gasteiger partial charge in [-0.1, -0.05) is 30.7 Å². The fraction of sp³-hybridized carbons (Fsp3) is 0.333. The van der Waals surface area contributed by atoms with Gasteiger partial charge in [0.2, 0.25) is 16.0 Å². The Morgan fingerprint density at radius 2 is 1.70 bits per heavy atom. The maximum atomic E-state index is 11.8. The first kappa shape index (κ1) is 31.9. The van der Waals surface area contributed by atoms with E-state index in [-0.39, 0.29) is 11.0 Å². The van der Waals surface area contributed by atoms with Gasteiger partial charge in [0.1, 0.15) is 22.3 Å². The Bertz CT molecular complexity index is 1680. The van der Waals surface area contributed by atoms with Gasteiger partial charge in [-0.25, -0.2) is 13.4 Å². The zero-order valence-electron chi connectivity index (χ0n) is 24.8. The topological polar surface area (TPSA) is 125 Å². The molecule has 3 N–H and O–H groups in total. The number of anilines is 5. The molecule has 14 heteroatoms. The van der Waals surface area contributed by atoms with E-state index in [1.165, 1.54) is 6.20 Å². The third kappa shape index (κ3) is 8.79. The summed E-state index contributed by atoms with van der Waals surface area (Å²) in [4.78, 5) is 14.7. The van der Waals surface area contributed by atoms with Gasteiger partial charge >= 0.3 is 0 Å². The van der Waals surface area contributed by atoms with Crippen molar-refractivity contribution in [3.8, 4) is 5.75 Å². The number of furan rings is 1. The van der Waals surface area contributed by atoms with Crippen LogP contribution in [0.15, 0.2) is 70.1 Å². The number of aromatic nitrogens is 2. The van der Waals surface area contributed by atoms with Crippen molar-refractivity contribution in [2.24, 2.45) is 0 Å². The molecule has 5 rings (SSSR count). The monoisotopic (exact) mass is 657 g/mol. The predicted octanol–water partition coefficient (Wildman–Crippen LogP) is 6.02. The first-order valence-electron chi connectivity index (χ1n) is 14.2. The number of hydrogen-bond acceptors (Lipinski definition) is 11. The molecule has 2 aromatic heterocycles. The molecule has 1 saturated heterocycles. The van der Waals surface area contributed by atoms with Crippen molar-refractivity contribution in [1.29, 1.82) is 0 Å². The number of para-hydroxylation sites is 2. The summed E-state index contributed by atoms with van der Waals surface area (Å²) in [6, 6.07) is 16.8. The smallest absolute Gasteiger partial charge is 0.229 e. The highest BCUT2D eigenvalue weighted by Gasteiger charge is 2.17. The van der Waals surface area contributed by atoms with E-state index in [2.05, 4.69) is 54.2 Å². The van der Waals surface area contributed by atoms with Gasteiger partial charge in [0.25, 0.3) is 0 Å². The number of sulfonamides is 1. The summed E-state index contributed by atoms with van der Waals surface area (Å²) in [6.07, 6.45) is 2.55. The van der Waals surface area contributed by atoms with Crippen LogP contribution in [0.3, 0.4) is 0 Å². The third-order valence-electron chi connectivity index (χ3n) is 7.03. The average molecular weight is 658 g/mol. The molecule has 44 heavy (non-hydrogen) atoms. The van der Waals surface area contributed by atoms with Gasteiger partial charge in [0.05, 0.1) is 48.9 Å². The van der Waals surface area contributed by atoms with Gasteiger partial charge in [0, 0.05) is 31.1 Å². The van der Waals surface area contributed by atoms with Crippen LogP contribution in [0.25, 0.3) is 0 Å². The normalized spacial score (nSPS) is 14.4. The largest absolute Gasteiger partial charge is 0.495 e. The third-order valence-corrected chi connectivity index (χ3v) is 8.91. The number of hydrogen-bond donors (Lipinski definition) is 3. The first-order valence-corrected chi connectivity index (χ1v) is 17.4. The number of benzene rings is 2. The molecule has 1 aliphatic heterocycles. The van der Waals surface area contributed by atoms with Crippen molar-refractivity contribution < 1.29 is 17.6 Å². The van der Waals surface area contributed by atoms with Crippen LogP contribution >= 0.6 is 23.4 Å². The Kier molecular flexibility index (Phi) is 10.5. The van der Waals surface area contributed by atoms with Crippen molar-refractivity contribution in [1.82, 2.24) is 19.8 Å². The number of ether oxygens (including phenoxy) is 1. The maximum Gasteiger partial charge on any atom is 0.229 e. The van der Waals surface area contributed by atoms with Gasteiger partial charge in [-0.05, 0) is 49.0 Å². The van der Waals surface area contributed by atoms with Crippen molar-refractivity contribution >= 4 is 62.2 Å². The molecular formula is C30H36ClN7O4S2. The maximum absolute atomic E-state index is 11.8. The number of rotatable bonds is 13. The van der Waals surface area contributed by atoms with Crippen LogP contribution in [0.1, 0.15) is 18.4 Å². The number of methoxy groups -OCH3 is 1. The Balaban J connectivity index is 1.21. The van der Waals surface area contributed by atoms with Gasteiger partial charge in [-0.3, -0.25) is 9.62 Å². The standard InChI is InChI=1S/C30H36ClN7O4S2/c1-4-37-13-15-38(16-14-37)19-21-9-10-22(42-21)20-43-23-11-12-27(28(17-23)41-2)34-30-32-18-24(31)29(35-30)33-25-7-5-6-8-26(25)36-44(3,39)40/h5-12,17-18,36H,4,13-16,19-20H2,1-3H3,(H2,32,33,34,35). The predicted molar refractivity (Wildman–Crippen MR) is 177 cm³/mol. The second kappa shape index (κ2) is 14.5. The van der Waals surface area contributed by atoms with E-state index in [1.54, 1.807) is 43.1 Å². The molecule has 1 aliphatic rings. The Morgan fingerprint density at radius 1 is 0.977 bits per heavy atom. The van der Waals surface area contributed by atoms with Crippen LogP contribution in [0, 0.1) is 0 Å². The number of nitrogens with zero attached hydrogens (tertiary/aromatic N) is 4. The zero-order chi connectivity index (χ0) is 31.1. The molecule has 234 valence electrons. The number of nitrogens with one attached hydrogen (secondary N) is 3. The van der Waals surface area contributed by atoms with Gasteiger partial charge in [-0.15, -0.1) is 11.8 Å². The lowest BCUT2D eigenvalue weighted by atomic mass is 10.2. The minimum Gasteiger partial charge on any atom is -0.495 e. The van der Waals surface area contributed by atoms with E-state index in [4.69, 9.17) is 20.8 Å². The highest BCUT2D eigenvalue weighted by molar-refractivity contribution is 7.98. The van der Waals surface area contributed by atoms with Crippen LogP contribution in [0.4, 0.5) is 28.8 Å². The summed E-state index contributed by atoms with van der Waals surface area (Å²) in [5, 5.41) is 6.54. The minimum absolute atomic E-state index is 0.267. The summed E-state index contributed by atoms with van der Waals surface area (Å²) in [6.45, 7) is 8.49. The van der Waals surface area contributed by atoms with E-state index in [0.717, 1.165) is 61.9 Å². The first-order chi connectivity index (χ1) is 21.2. The zero-order valence-corrected chi connectivity index (χ0v) is 27.2. The van der Waals surface area contributed by atoms with E-state index in [1.807, 2.05) is 18.2 Å². The van der Waals surface area contributed by atoms with E-state index < -0.39 is 10.0 Å². The van der Waals surface area contributed by atoms with Crippen LogP contribution in [0.5, 0.6) is 5.75 Å².